The molecule has 102 valence electrons. The van der Waals surface area contributed by atoms with Crippen molar-refractivity contribution in [2.24, 2.45) is 7.05 Å². The number of benzene rings is 1. The normalized spacial score (nSPS) is 17.1. The Morgan fingerprint density at radius 2 is 1.95 bits per heavy atom. The van der Waals surface area contributed by atoms with Gasteiger partial charge in [-0.15, -0.1) is 0 Å². The first kappa shape index (κ1) is 12.7. The highest BCUT2D eigenvalue weighted by molar-refractivity contribution is 6.07. The molecule has 0 saturated heterocycles. The second-order valence-electron chi connectivity index (χ2n) is 5.19. The molecule has 0 saturated carbocycles. The van der Waals surface area contributed by atoms with E-state index in [-0.39, 0.29) is 23.1 Å². The lowest BCUT2D eigenvalue weighted by atomic mass is 10.1. The first-order chi connectivity index (χ1) is 9.59. The first-order valence-electron chi connectivity index (χ1n) is 6.66. The van der Waals surface area contributed by atoms with Gasteiger partial charge in [0.2, 0.25) is 0 Å². The van der Waals surface area contributed by atoms with Crippen LogP contribution in [0.1, 0.15) is 22.8 Å². The van der Waals surface area contributed by atoms with Gasteiger partial charge in [-0.05, 0) is 37.1 Å². The van der Waals surface area contributed by atoms with Gasteiger partial charge >= 0.3 is 0 Å². The average Bonchev–Trinajstić information content (AvgIpc) is 2.77. The zero-order valence-corrected chi connectivity index (χ0v) is 11.5. The van der Waals surface area contributed by atoms with Crippen LogP contribution in [0.25, 0.3) is 0 Å². The van der Waals surface area contributed by atoms with Gasteiger partial charge in [-0.25, -0.2) is 0 Å². The number of aromatic nitrogens is 1. The summed E-state index contributed by atoms with van der Waals surface area (Å²) >= 11 is 0. The van der Waals surface area contributed by atoms with Crippen molar-refractivity contribution in [1.82, 2.24) is 4.57 Å². The van der Waals surface area contributed by atoms with Crippen LogP contribution in [0.15, 0.2) is 47.4 Å². The minimum atomic E-state index is -0.255. The number of hydrogen-bond acceptors (Lipinski definition) is 2. The van der Waals surface area contributed by atoms with E-state index >= 15 is 0 Å². The van der Waals surface area contributed by atoms with Gasteiger partial charge in [-0.2, -0.15) is 0 Å². The molecule has 1 amide bonds. The summed E-state index contributed by atoms with van der Waals surface area (Å²) in [5.74, 6) is -0.219. The number of nitrogens with zero attached hydrogens (tertiary/aromatic N) is 2. The predicted octanol–water partition coefficient (Wildman–Crippen LogP) is 1.98. The number of amides is 1. The van der Waals surface area contributed by atoms with Crippen molar-refractivity contribution in [3.8, 4) is 0 Å². The molecule has 0 N–H and O–H groups in total. The largest absolute Gasteiger partial charge is 0.318 e. The monoisotopic (exact) mass is 268 g/mol. The number of aryl methyl sites for hydroxylation is 1. The maximum absolute atomic E-state index is 12.7. The number of carbonyl (C=O) groups is 1. The Morgan fingerprint density at radius 1 is 1.20 bits per heavy atom. The molecule has 20 heavy (non-hydrogen) atoms. The molecule has 0 aliphatic carbocycles. The quantitative estimate of drug-likeness (QED) is 0.793. The fourth-order valence-electron chi connectivity index (χ4n) is 2.76. The van der Waals surface area contributed by atoms with Crippen LogP contribution in [0.4, 0.5) is 5.69 Å². The molecule has 3 rings (SSSR count). The van der Waals surface area contributed by atoms with E-state index < -0.39 is 0 Å². The fraction of sp³-hybridized carbons (Fsp3) is 0.250. The van der Waals surface area contributed by atoms with Gasteiger partial charge < -0.3 is 9.47 Å². The van der Waals surface area contributed by atoms with E-state index in [0.29, 0.717) is 0 Å². The number of pyridine rings is 1. The van der Waals surface area contributed by atoms with Crippen LogP contribution in [0.5, 0.6) is 0 Å². The number of rotatable bonds is 1. The number of carbonyl (C=O) groups excluding carboxylic acids is 1. The lowest BCUT2D eigenvalue weighted by Crippen LogP contribution is -2.39. The third-order valence-corrected chi connectivity index (χ3v) is 3.78. The molecule has 0 bridgehead atoms. The van der Waals surface area contributed by atoms with Crippen molar-refractivity contribution in [3.63, 3.8) is 0 Å². The summed E-state index contributed by atoms with van der Waals surface area (Å²) in [6, 6.07) is 11.2. The van der Waals surface area contributed by atoms with Crippen molar-refractivity contribution in [1.29, 1.82) is 0 Å². The molecular weight excluding hydrogens is 252 g/mol. The summed E-state index contributed by atoms with van der Waals surface area (Å²) in [6.45, 7) is 2.01. The highest BCUT2D eigenvalue weighted by Crippen LogP contribution is 2.32. The lowest BCUT2D eigenvalue weighted by Gasteiger charge is -2.22. The van der Waals surface area contributed by atoms with E-state index in [0.717, 1.165) is 17.7 Å². The summed E-state index contributed by atoms with van der Waals surface area (Å²) < 4.78 is 1.43. The molecule has 2 aromatic rings. The highest BCUT2D eigenvalue weighted by Gasteiger charge is 2.32. The van der Waals surface area contributed by atoms with Gasteiger partial charge in [0.25, 0.3) is 11.5 Å². The van der Waals surface area contributed by atoms with Crippen LogP contribution in [0.3, 0.4) is 0 Å². The summed E-state index contributed by atoms with van der Waals surface area (Å²) in [7, 11) is 1.65. The minimum Gasteiger partial charge on any atom is -0.318 e. The maximum Gasteiger partial charge on any atom is 0.264 e. The van der Waals surface area contributed by atoms with Crippen LogP contribution in [-0.4, -0.2) is 16.5 Å². The Labute approximate surface area is 117 Å². The standard InChI is InChI=1S/C16H16N2O2/c1-11-10-12-6-3-4-8-14(12)18(11)16(20)13-7-5-9-17(2)15(13)19/h3-9,11H,10H2,1-2H3. The maximum atomic E-state index is 12.7. The Kier molecular flexibility index (Phi) is 2.93. The highest BCUT2D eigenvalue weighted by atomic mass is 16.2. The molecule has 4 heteroatoms. The van der Waals surface area contributed by atoms with E-state index in [4.69, 9.17) is 0 Å². The summed E-state index contributed by atoms with van der Waals surface area (Å²) in [6.07, 6.45) is 2.48. The van der Waals surface area contributed by atoms with Crippen molar-refractivity contribution in [2.75, 3.05) is 4.90 Å². The molecule has 2 heterocycles. The Hall–Kier alpha value is -2.36. The molecule has 1 unspecified atom stereocenters. The smallest absolute Gasteiger partial charge is 0.264 e. The zero-order chi connectivity index (χ0) is 14.3. The predicted molar refractivity (Wildman–Crippen MR) is 78.1 cm³/mol. The van der Waals surface area contributed by atoms with E-state index in [1.54, 1.807) is 30.3 Å². The summed E-state index contributed by atoms with van der Waals surface area (Å²) in [5.41, 5.74) is 2.03. The SMILES string of the molecule is CC1Cc2ccccc2N1C(=O)c1cccn(C)c1=O. The topological polar surface area (TPSA) is 42.3 Å². The third kappa shape index (κ3) is 1.84. The van der Waals surface area contributed by atoms with Gasteiger partial charge in [-0.3, -0.25) is 9.59 Å². The van der Waals surface area contributed by atoms with Crippen molar-refractivity contribution < 1.29 is 4.79 Å². The fourth-order valence-corrected chi connectivity index (χ4v) is 2.76. The van der Waals surface area contributed by atoms with Gasteiger partial charge in [0.1, 0.15) is 5.56 Å². The minimum absolute atomic E-state index is 0.0739. The molecular formula is C16H16N2O2. The van der Waals surface area contributed by atoms with Crippen LogP contribution in [-0.2, 0) is 13.5 Å². The van der Waals surface area contributed by atoms with Crippen LogP contribution in [0, 0.1) is 0 Å². The van der Waals surface area contributed by atoms with E-state index in [1.165, 1.54) is 4.57 Å². The second-order valence-corrected chi connectivity index (χ2v) is 5.19. The molecule has 0 radical (unpaired) electrons. The van der Waals surface area contributed by atoms with Crippen LogP contribution < -0.4 is 10.5 Å². The van der Waals surface area contributed by atoms with E-state index in [1.807, 2.05) is 31.2 Å². The number of anilines is 1. The zero-order valence-electron chi connectivity index (χ0n) is 11.5. The average molecular weight is 268 g/mol. The molecule has 1 aromatic carbocycles. The van der Waals surface area contributed by atoms with E-state index in [2.05, 4.69) is 0 Å². The summed E-state index contributed by atoms with van der Waals surface area (Å²) in [4.78, 5) is 26.5. The van der Waals surface area contributed by atoms with Gasteiger partial charge in [-0.1, -0.05) is 18.2 Å². The third-order valence-electron chi connectivity index (χ3n) is 3.78. The van der Waals surface area contributed by atoms with E-state index in [9.17, 15) is 9.59 Å². The lowest BCUT2D eigenvalue weighted by molar-refractivity contribution is 0.0979. The van der Waals surface area contributed by atoms with Crippen LogP contribution >= 0.6 is 0 Å². The van der Waals surface area contributed by atoms with Gasteiger partial charge in [0.05, 0.1) is 0 Å². The molecule has 4 nitrogen and oxygen atoms in total. The molecule has 1 aliphatic heterocycles. The van der Waals surface area contributed by atoms with Gasteiger partial charge in [0, 0.05) is 25.0 Å². The van der Waals surface area contributed by atoms with Crippen molar-refractivity contribution >= 4 is 11.6 Å². The Bertz CT molecular complexity index is 733. The Balaban J connectivity index is 2.07. The summed E-state index contributed by atoms with van der Waals surface area (Å²) in [5, 5.41) is 0. The first-order valence-corrected chi connectivity index (χ1v) is 6.66. The molecule has 0 fully saturated rings. The number of para-hydroxylation sites is 1. The molecule has 0 spiro atoms. The number of fused-ring (bicyclic) bond motifs is 1. The second kappa shape index (κ2) is 4.63. The number of hydrogen-bond donors (Lipinski definition) is 0. The molecule has 1 aromatic heterocycles. The van der Waals surface area contributed by atoms with Crippen molar-refractivity contribution in [3.05, 3.63) is 64.1 Å². The molecule has 1 atom stereocenters. The van der Waals surface area contributed by atoms with Crippen molar-refractivity contribution in [2.45, 2.75) is 19.4 Å². The Morgan fingerprint density at radius 3 is 2.75 bits per heavy atom. The van der Waals surface area contributed by atoms with Gasteiger partial charge in [0.15, 0.2) is 0 Å². The van der Waals surface area contributed by atoms with Crippen LogP contribution in [0.2, 0.25) is 0 Å². The molecule has 1 aliphatic rings.